The minimum absolute atomic E-state index is 0.00844. The highest BCUT2D eigenvalue weighted by Crippen LogP contribution is 2.19. The van der Waals surface area contributed by atoms with Crippen molar-refractivity contribution in [2.24, 2.45) is 5.92 Å². The molecule has 134 valence electrons. The van der Waals surface area contributed by atoms with Gasteiger partial charge in [-0.25, -0.2) is 9.18 Å². The maximum Gasteiger partial charge on any atom is 0.317 e. The van der Waals surface area contributed by atoms with Crippen molar-refractivity contribution in [2.45, 2.75) is 18.9 Å². The summed E-state index contributed by atoms with van der Waals surface area (Å²) in [6.45, 7) is 2.71. The highest BCUT2D eigenvalue weighted by Gasteiger charge is 2.24. The Morgan fingerprint density at radius 1 is 1.42 bits per heavy atom. The Morgan fingerprint density at radius 2 is 2.12 bits per heavy atom. The number of benzene rings is 1. The van der Waals surface area contributed by atoms with Crippen LogP contribution in [0.25, 0.3) is 0 Å². The van der Waals surface area contributed by atoms with Crippen LogP contribution < -0.4 is 5.32 Å². The second-order valence-corrected chi connectivity index (χ2v) is 6.63. The first-order valence-electron chi connectivity index (χ1n) is 8.45. The van der Waals surface area contributed by atoms with Crippen LogP contribution in [0, 0.1) is 11.7 Å². The molecular formula is C18H28FN3O2. The fourth-order valence-electron chi connectivity index (χ4n) is 3.20. The Morgan fingerprint density at radius 3 is 2.75 bits per heavy atom. The molecule has 1 saturated heterocycles. The quantitative estimate of drug-likeness (QED) is 0.867. The Hall–Kier alpha value is -1.66. The van der Waals surface area contributed by atoms with Gasteiger partial charge >= 0.3 is 6.03 Å². The van der Waals surface area contributed by atoms with Crippen LogP contribution in [0.3, 0.4) is 0 Å². The molecular weight excluding hydrogens is 309 g/mol. The van der Waals surface area contributed by atoms with Crippen LogP contribution in [0.5, 0.6) is 0 Å². The van der Waals surface area contributed by atoms with Crippen molar-refractivity contribution < 1.29 is 13.9 Å². The summed E-state index contributed by atoms with van der Waals surface area (Å²) in [6.07, 6.45) is 2.12. The van der Waals surface area contributed by atoms with Gasteiger partial charge in [-0.1, -0.05) is 12.1 Å². The first-order valence-corrected chi connectivity index (χ1v) is 8.45. The molecule has 0 unspecified atom stereocenters. The zero-order valence-corrected chi connectivity index (χ0v) is 14.8. The van der Waals surface area contributed by atoms with Crippen LogP contribution in [-0.2, 0) is 4.74 Å². The summed E-state index contributed by atoms with van der Waals surface area (Å²) < 4.78 is 18.3. The lowest BCUT2D eigenvalue weighted by Crippen LogP contribution is -2.48. The van der Waals surface area contributed by atoms with Gasteiger partial charge in [-0.3, -0.25) is 0 Å². The van der Waals surface area contributed by atoms with Gasteiger partial charge in [0.05, 0.1) is 12.6 Å². The standard InChI is InChI=1S/C18H28FN3O2/c1-21(2)17(15-6-8-16(19)9-7-15)11-20-18(23)22-10-4-5-14(12-22)13-24-3/h6-9,14,17H,4-5,10-13H2,1-3H3,(H,20,23)/t14-,17+/m1/s1. The zero-order chi connectivity index (χ0) is 17.5. The summed E-state index contributed by atoms with van der Waals surface area (Å²) in [5.74, 6) is 0.161. The van der Waals surface area contributed by atoms with E-state index in [-0.39, 0.29) is 17.9 Å². The van der Waals surface area contributed by atoms with Gasteiger partial charge in [-0.15, -0.1) is 0 Å². The predicted molar refractivity (Wildman–Crippen MR) is 92.4 cm³/mol. The Balaban J connectivity index is 1.91. The molecule has 1 fully saturated rings. The van der Waals surface area contributed by atoms with E-state index in [0.29, 0.717) is 19.1 Å². The van der Waals surface area contributed by atoms with Crippen molar-refractivity contribution in [3.05, 3.63) is 35.6 Å². The summed E-state index contributed by atoms with van der Waals surface area (Å²) in [5.41, 5.74) is 0.984. The van der Waals surface area contributed by atoms with Gasteiger partial charge in [-0.2, -0.15) is 0 Å². The first kappa shape index (κ1) is 18.7. The topological polar surface area (TPSA) is 44.8 Å². The molecule has 1 aliphatic rings. The lowest BCUT2D eigenvalue weighted by molar-refractivity contribution is 0.0998. The third kappa shape index (κ3) is 5.18. The summed E-state index contributed by atoms with van der Waals surface area (Å²) in [7, 11) is 5.61. The number of amides is 2. The van der Waals surface area contributed by atoms with E-state index in [1.54, 1.807) is 19.2 Å². The van der Waals surface area contributed by atoms with E-state index in [4.69, 9.17) is 4.74 Å². The summed E-state index contributed by atoms with van der Waals surface area (Å²) in [4.78, 5) is 16.3. The van der Waals surface area contributed by atoms with Gasteiger partial charge in [0.15, 0.2) is 0 Å². The van der Waals surface area contributed by atoms with E-state index in [1.807, 2.05) is 23.9 Å². The number of urea groups is 1. The maximum atomic E-state index is 13.1. The van der Waals surface area contributed by atoms with Gasteiger partial charge in [0.2, 0.25) is 0 Å². The number of piperidine rings is 1. The molecule has 1 aromatic rings. The molecule has 0 radical (unpaired) electrons. The SMILES string of the molecule is COC[C@@H]1CCCN(C(=O)NC[C@@H](c2ccc(F)cc2)N(C)C)C1. The molecule has 0 spiro atoms. The third-order valence-corrected chi connectivity index (χ3v) is 4.53. The number of likely N-dealkylation sites (N-methyl/N-ethyl adjacent to an activating group) is 1. The largest absolute Gasteiger partial charge is 0.384 e. The molecule has 6 heteroatoms. The number of likely N-dealkylation sites (tertiary alicyclic amines) is 1. The summed E-state index contributed by atoms with van der Waals surface area (Å²) in [6, 6.07) is 6.41. The Labute approximate surface area is 143 Å². The summed E-state index contributed by atoms with van der Waals surface area (Å²) >= 11 is 0. The smallest absolute Gasteiger partial charge is 0.317 e. The fraction of sp³-hybridized carbons (Fsp3) is 0.611. The van der Waals surface area contributed by atoms with E-state index in [1.165, 1.54) is 12.1 Å². The van der Waals surface area contributed by atoms with Crippen LogP contribution in [-0.4, -0.2) is 63.3 Å². The van der Waals surface area contributed by atoms with E-state index in [9.17, 15) is 9.18 Å². The molecule has 0 bridgehead atoms. The Kier molecular flexibility index (Phi) is 6.99. The first-order chi connectivity index (χ1) is 11.5. The predicted octanol–water partition coefficient (Wildman–Crippen LogP) is 2.50. The molecule has 1 N–H and O–H groups in total. The Bertz CT molecular complexity index is 520. The normalized spacial score (nSPS) is 19.4. The van der Waals surface area contributed by atoms with Crippen molar-refractivity contribution in [3.8, 4) is 0 Å². The number of nitrogens with zero attached hydrogens (tertiary/aromatic N) is 2. The average molecular weight is 337 g/mol. The molecule has 1 heterocycles. The van der Waals surface area contributed by atoms with E-state index in [2.05, 4.69) is 5.32 Å². The van der Waals surface area contributed by atoms with E-state index in [0.717, 1.165) is 31.5 Å². The van der Waals surface area contributed by atoms with Crippen LogP contribution in [0.4, 0.5) is 9.18 Å². The van der Waals surface area contributed by atoms with Crippen molar-refractivity contribution in [1.29, 1.82) is 0 Å². The second-order valence-electron chi connectivity index (χ2n) is 6.63. The molecule has 24 heavy (non-hydrogen) atoms. The zero-order valence-electron chi connectivity index (χ0n) is 14.8. The maximum absolute atomic E-state index is 13.1. The van der Waals surface area contributed by atoms with Gasteiger partial charge < -0.3 is 19.9 Å². The molecule has 2 amide bonds. The van der Waals surface area contributed by atoms with Gasteiger partial charge in [-0.05, 0) is 44.6 Å². The van der Waals surface area contributed by atoms with Crippen molar-refractivity contribution in [1.82, 2.24) is 15.1 Å². The molecule has 5 nitrogen and oxygen atoms in total. The molecule has 1 aromatic carbocycles. The van der Waals surface area contributed by atoms with E-state index >= 15 is 0 Å². The molecule has 2 rings (SSSR count). The number of carbonyl (C=O) groups excluding carboxylic acids is 1. The van der Waals surface area contributed by atoms with Crippen LogP contribution >= 0.6 is 0 Å². The fourth-order valence-corrected chi connectivity index (χ4v) is 3.20. The number of hydrogen-bond acceptors (Lipinski definition) is 3. The number of hydrogen-bond donors (Lipinski definition) is 1. The molecule has 0 saturated carbocycles. The lowest BCUT2D eigenvalue weighted by atomic mass is 9.99. The van der Waals surface area contributed by atoms with Crippen LogP contribution in [0.1, 0.15) is 24.4 Å². The second kappa shape index (κ2) is 8.99. The van der Waals surface area contributed by atoms with Gasteiger partial charge in [0.25, 0.3) is 0 Å². The molecule has 1 aliphatic heterocycles. The van der Waals surface area contributed by atoms with E-state index < -0.39 is 0 Å². The minimum Gasteiger partial charge on any atom is -0.384 e. The number of carbonyl (C=O) groups is 1. The van der Waals surface area contributed by atoms with Crippen LogP contribution in [0.15, 0.2) is 24.3 Å². The monoisotopic (exact) mass is 337 g/mol. The third-order valence-electron chi connectivity index (χ3n) is 4.53. The van der Waals surface area contributed by atoms with Crippen molar-refractivity contribution in [2.75, 3.05) is 47.4 Å². The van der Waals surface area contributed by atoms with Crippen molar-refractivity contribution in [3.63, 3.8) is 0 Å². The number of nitrogens with one attached hydrogen (secondary N) is 1. The average Bonchev–Trinajstić information content (AvgIpc) is 2.57. The number of halogens is 1. The number of rotatable bonds is 6. The highest BCUT2D eigenvalue weighted by atomic mass is 19.1. The van der Waals surface area contributed by atoms with Gasteiger partial charge in [0, 0.05) is 32.7 Å². The van der Waals surface area contributed by atoms with Crippen LogP contribution in [0.2, 0.25) is 0 Å². The molecule has 0 aromatic heterocycles. The minimum atomic E-state index is -0.252. The number of methoxy groups -OCH3 is 1. The number of ether oxygens (including phenoxy) is 1. The van der Waals surface area contributed by atoms with Crippen molar-refractivity contribution >= 4 is 6.03 Å². The van der Waals surface area contributed by atoms with Gasteiger partial charge in [0.1, 0.15) is 5.82 Å². The summed E-state index contributed by atoms with van der Waals surface area (Å²) in [5, 5.41) is 3.02. The molecule has 0 aliphatic carbocycles. The lowest BCUT2D eigenvalue weighted by Gasteiger charge is -2.33. The highest BCUT2D eigenvalue weighted by molar-refractivity contribution is 5.74. The molecule has 2 atom stereocenters.